The molecule has 48 heavy (non-hydrogen) atoms. The van der Waals surface area contributed by atoms with Gasteiger partial charge in [-0.25, -0.2) is 4.85 Å². The molecule has 0 N–H and O–H groups in total. The van der Waals surface area contributed by atoms with E-state index in [-0.39, 0.29) is 11.1 Å². The van der Waals surface area contributed by atoms with Crippen LogP contribution in [0.2, 0.25) is 0 Å². The summed E-state index contributed by atoms with van der Waals surface area (Å²) >= 11 is 0. The van der Waals surface area contributed by atoms with Crippen LogP contribution in [0, 0.1) is 31.8 Å². The third-order valence-corrected chi connectivity index (χ3v) is 9.23. The number of nitrogens with zero attached hydrogens (tertiary/aromatic N) is 4. The Balaban J connectivity index is 1.59. The number of benzene rings is 6. The summed E-state index contributed by atoms with van der Waals surface area (Å²) in [7, 11) is 0. The smallest absolute Gasteiger partial charge is 0.319 e. The molecule has 230 valence electrons. The summed E-state index contributed by atoms with van der Waals surface area (Å²) in [6.07, 6.45) is -4.75. The van der Waals surface area contributed by atoms with Gasteiger partial charge in [0, 0.05) is 32.8 Å². The number of halogens is 3. The number of hydrogen-bond acceptors (Lipinski definition) is 1. The molecular weight excluding hydrogens is 605 g/mol. The van der Waals surface area contributed by atoms with Gasteiger partial charge in [0.25, 0.3) is 0 Å². The second-order valence-electron chi connectivity index (χ2n) is 12.0. The van der Waals surface area contributed by atoms with Gasteiger partial charge in [-0.05, 0) is 66.9 Å². The lowest BCUT2D eigenvalue weighted by molar-refractivity contribution is -0.137. The molecular formula is C41H25F3N4. The highest BCUT2D eigenvalue weighted by atomic mass is 19.4. The number of para-hydroxylation sites is 4. The van der Waals surface area contributed by atoms with Crippen molar-refractivity contribution in [3.8, 4) is 28.6 Å². The average Bonchev–Trinajstić information content (AvgIpc) is 3.62. The highest BCUT2D eigenvalue weighted by Crippen LogP contribution is 2.46. The molecule has 0 spiro atoms. The molecule has 0 unspecified atom stereocenters. The lowest BCUT2D eigenvalue weighted by Gasteiger charge is -2.22. The van der Waals surface area contributed by atoms with E-state index < -0.39 is 11.7 Å². The number of alkyl halides is 3. The van der Waals surface area contributed by atoms with Gasteiger partial charge >= 0.3 is 6.18 Å². The predicted octanol–water partition coefficient (Wildman–Crippen LogP) is 11.6. The van der Waals surface area contributed by atoms with E-state index in [1.54, 1.807) is 12.1 Å². The zero-order valence-electron chi connectivity index (χ0n) is 25.9. The predicted molar refractivity (Wildman–Crippen MR) is 186 cm³/mol. The van der Waals surface area contributed by atoms with Crippen molar-refractivity contribution >= 4 is 49.3 Å². The molecule has 2 heterocycles. The van der Waals surface area contributed by atoms with Gasteiger partial charge in [-0.1, -0.05) is 78.9 Å². The van der Waals surface area contributed by atoms with Gasteiger partial charge in [0.05, 0.1) is 51.5 Å². The maximum Gasteiger partial charge on any atom is 0.417 e. The minimum Gasteiger partial charge on any atom is -0.319 e. The minimum absolute atomic E-state index is 0.0775. The summed E-state index contributed by atoms with van der Waals surface area (Å²) in [5.41, 5.74) is 5.70. The van der Waals surface area contributed by atoms with E-state index in [0.717, 1.165) is 60.8 Å². The van der Waals surface area contributed by atoms with Gasteiger partial charge in [0.2, 0.25) is 5.69 Å². The Hall–Kier alpha value is -6.31. The lowest BCUT2D eigenvalue weighted by Crippen LogP contribution is -2.09. The highest BCUT2D eigenvalue weighted by Gasteiger charge is 2.35. The van der Waals surface area contributed by atoms with E-state index >= 15 is 0 Å². The van der Waals surface area contributed by atoms with Crippen molar-refractivity contribution in [2.75, 3.05) is 0 Å². The summed E-state index contributed by atoms with van der Waals surface area (Å²) in [6, 6.07) is 36.6. The summed E-state index contributed by atoms with van der Waals surface area (Å²) in [4.78, 5) is 4.01. The van der Waals surface area contributed by atoms with Crippen LogP contribution < -0.4 is 0 Å². The number of aromatic nitrogens is 2. The Morgan fingerprint density at radius 3 is 1.71 bits per heavy atom. The fourth-order valence-corrected chi connectivity index (χ4v) is 7.20. The van der Waals surface area contributed by atoms with Crippen LogP contribution in [0.1, 0.15) is 22.3 Å². The number of fused-ring (bicyclic) bond motifs is 6. The number of nitriles is 1. The second-order valence-corrected chi connectivity index (χ2v) is 12.0. The van der Waals surface area contributed by atoms with Crippen molar-refractivity contribution in [2.24, 2.45) is 0 Å². The van der Waals surface area contributed by atoms with Crippen LogP contribution in [-0.2, 0) is 6.18 Å². The first kappa shape index (κ1) is 29.1. The first-order chi connectivity index (χ1) is 23.2. The second kappa shape index (κ2) is 10.6. The summed E-state index contributed by atoms with van der Waals surface area (Å²) in [6.45, 7) is 12.4. The quantitative estimate of drug-likeness (QED) is 0.179. The lowest BCUT2D eigenvalue weighted by atomic mass is 9.94. The van der Waals surface area contributed by atoms with Crippen molar-refractivity contribution in [1.29, 1.82) is 5.26 Å². The van der Waals surface area contributed by atoms with E-state index in [1.807, 2.05) is 114 Å². The van der Waals surface area contributed by atoms with E-state index in [0.29, 0.717) is 22.6 Å². The van der Waals surface area contributed by atoms with Crippen molar-refractivity contribution in [3.05, 3.63) is 149 Å². The van der Waals surface area contributed by atoms with Crippen LogP contribution in [-0.4, -0.2) is 9.13 Å². The van der Waals surface area contributed by atoms with Crippen LogP contribution >= 0.6 is 0 Å². The molecule has 0 radical (unpaired) electrons. The molecule has 7 heteroatoms. The number of rotatable bonds is 3. The molecule has 0 atom stereocenters. The summed E-state index contributed by atoms with van der Waals surface area (Å²) < 4.78 is 48.7. The van der Waals surface area contributed by atoms with Crippen molar-refractivity contribution < 1.29 is 13.2 Å². The molecule has 0 aliphatic rings. The molecule has 8 rings (SSSR count). The van der Waals surface area contributed by atoms with Gasteiger partial charge in [-0.3, -0.25) is 0 Å². The third kappa shape index (κ3) is 4.22. The molecule has 0 amide bonds. The molecule has 0 aliphatic heterocycles. The fourth-order valence-electron chi connectivity index (χ4n) is 7.20. The van der Waals surface area contributed by atoms with E-state index in [9.17, 15) is 18.4 Å². The van der Waals surface area contributed by atoms with Crippen LogP contribution in [0.3, 0.4) is 0 Å². The van der Waals surface area contributed by atoms with Crippen molar-refractivity contribution in [3.63, 3.8) is 0 Å². The Labute approximate surface area is 273 Å². The molecule has 0 aliphatic carbocycles. The zero-order chi connectivity index (χ0) is 33.3. The summed E-state index contributed by atoms with van der Waals surface area (Å²) in [5, 5.41) is 13.4. The normalized spacial score (nSPS) is 11.8. The van der Waals surface area contributed by atoms with Gasteiger partial charge in [0.1, 0.15) is 0 Å². The molecule has 4 nitrogen and oxygen atoms in total. The van der Waals surface area contributed by atoms with Gasteiger partial charge in [-0.15, -0.1) is 0 Å². The van der Waals surface area contributed by atoms with Gasteiger partial charge in [0.15, 0.2) is 0 Å². The fraction of sp³-hybridized carbons (Fsp3) is 0.0732. The highest BCUT2D eigenvalue weighted by molar-refractivity contribution is 6.12. The van der Waals surface area contributed by atoms with E-state index in [4.69, 9.17) is 6.57 Å². The number of hydrogen-bond donors (Lipinski definition) is 0. The molecule has 0 bridgehead atoms. The average molecular weight is 631 g/mol. The van der Waals surface area contributed by atoms with Gasteiger partial charge < -0.3 is 9.13 Å². The maximum absolute atomic E-state index is 14.9. The monoisotopic (exact) mass is 630 g/mol. The Morgan fingerprint density at radius 2 is 1.17 bits per heavy atom. The Morgan fingerprint density at radius 1 is 0.625 bits per heavy atom. The zero-order valence-corrected chi connectivity index (χ0v) is 25.9. The minimum atomic E-state index is -4.75. The topological polar surface area (TPSA) is 38.0 Å². The molecule has 6 aromatic carbocycles. The van der Waals surface area contributed by atoms with Crippen LogP contribution in [0.5, 0.6) is 0 Å². The van der Waals surface area contributed by atoms with E-state index in [1.165, 1.54) is 12.1 Å². The van der Waals surface area contributed by atoms with Crippen LogP contribution in [0.4, 0.5) is 18.9 Å². The molecule has 8 aromatic rings. The van der Waals surface area contributed by atoms with Crippen molar-refractivity contribution in [1.82, 2.24) is 9.13 Å². The van der Waals surface area contributed by atoms with Crippen LogP contribution in [0.15, 0.2) is 115 Å². The van der Waals surface area contributed by atoms with Gasteiger partial charge in [-0.2, -0.15) is 18.4 Å². The first-order valence-corrected chi connectivity index (χ1v) is 15.4. The van der Waals surface area contributed by atoms with Crippen molar-refractivity contribution in [2.45, 2.75) is 20.0 Å². The largest absolute Gasteiger partial charge is 0.417 e. The molecule has 0 saturated carbocycles. The SMILES string of the molecule is [C-]#[N+]c1cc(-n2c3ccccc3c3cccc(C)c32)c(-c2ccc(C#N)cc2C(F)(F)F)cc1-n1c2ccccc2c2cccc(C)c21. The molecule has 0 saturated heterocycles. The Bertz CT molecular complexity index is 2710. The third-order valence-electron chi connectivity index (χ3n) is 9.23. The summed E-state index contributed by atoms with van der Waals surface area (Å²) in [5.74, 6) is 0. The van der Waals surface area contributed by atoms with E-state index in [2.05, 4.69) is 4.85 Å². The maximum atomic E-state index is 14.9. The van der Waals surface area contributed by atoms with Crippen LogP contribution in [0.25, 0.3) is 71.0 Å². The Kier molecular flexibility index (Phi) is 6.44. The number of aryl methyl sites for hydroxylation is 2. The standard InChI is InChI=1S/C41H25F3N4/c1-24-10-8-14-30-28-12-4-6-16-35(28)47(39(24)30)37-22-34(46-3)38(21-32(37)27-19-18-26(23-45)20-33(27)41(42,43)44)48-36-17-7-5-13-29(36)31-15-9-11-25(2)40(31)48/h4-22H,1-2H3. The molecule has 2 aromatic heterocycles. The first-order valence-electron chi connectivity index (χ1n) is 15.4. The molecule has 0 fully saturated rings.